The van der Waals surface area contributed by atoms with Crippen LogP contribution in [0.5, 0.6) is 0 Å². The quantitative estimate of drug-likeness (QED) is 0.474. The fourth-order valence-corrected chi connectivity index (χ4v) is 7.78. The molecule has 6 rings (SSSR count). The first-order valence-electron chi connectivity index (χ1n) is 13.9. The Kier molecular flexibility index (Phi) is 6.89. The number of urea groups is 1. The molecule has 6 nitrogen and oxygen atoms in total. The SMILES string of the molecule is CN1C(=O)N(CC(=O)C2CC(C3CCCCCCCC3)CN2)C(=O)C1(C)C1CC2C=CC1CC2. The molecule has 2 bridgehead atoms. The van der Waals surface area contributed by atoms with E-state index in [0.29, 0.717) is 23.7 Å². The van der Waals surface area contributed by atoms with Gasteiger partial charge >= 0.3 is 6.03 Å². The lowest BCUT2D eigenvalue weighted by Gasteiger charge is -2.47. The summed E-state index contributed by atoms with van der Waals surface area (Å²) in [6.45, 7) is 2.72. The second kappa shape index (κ2) is 9.75. The highest BCUT2D eigenvalue weighted by Gasteiger charge is 2.59. The monoisotopic (exact) mass is 469 g/mol. The van der Waals surface area contributed by atoms with Crippen LogP contribution in [0.3, 0.4) is 0 Å². The van der Waals surface area contributed by atoms with E-state index in [4.69, 9.17) is 0 Å². The third-order valence-electron chi connectivity index (χ3n) is 10.1. The van der Waals surface area contributed by atoms with Crippen LogP contribution in [0, 0.1) is 29.6 Å². The second-order valence-corrected chi connectivity index (χ2v) is 12.0. The Morgan fingerprint density at radius 2 is 1.68 bits per heavy atom. The first-order valence-corrected chi connectivity index (χ1v) is 13.9. The molecule has 2 heterocycles. The van der Waals surface area contributed by atoms with Crippen LogP contribution in [0.15, 0.2) is 12.2 Å². The van der Waals surface area contributed by atoms with Gasteiger partial charge in [0.05, 0.1) is 12.6 Å². The van der Waals surface area contributed by atoms with Crippen molar-refractivity contribution >= 4 is 17.7 Å². The second-order valence-electron chi connectivity index (χ2n) is 12.0. The van der Waals surface area contributed by atoms with E-state index < -0.39 is 5.54 Å². The van der Waals surface area contributed by atoms with Crippen LogP contribution in [-0.4, -0.2) is 59.2 Å². The number of likely N-dealkylation sites (N-methyl/N-ethyl adjacent to an activating group) is 1. The van der Waals surface area contributed by atoms with E-state index in [2.05, 4.69) is 17.5 Å². The minimum Gasteiger partial charge on any atom is -0.313 e. The fraction of sp³-hybridized carbons (Fsp3) is 0.821. The van der Waals surface area contributed by atoms with E-state index in [-0.39, 0.29) is 36.2 Å². The molecule has 0 spiro atoms. The lowest BCUT2D eigenvalue weighted by molar-refractivity contribution is -0.139. The van der Waals surface area contributed by atoms with E-state index >= 15 is 0 Å². The van der Waals surface area contributed by atoms with E-state index in [9.17, 15) is 14.4 Å². The number of ketones is 1. The van der Waals surface area contributed by atoms with Crippen molar-refractivity contribution in [3.8, 4) is 0 Å². The van der Waals surface area contributed by atoms with Gasteiger partial charge in [-0.3, -0.25) is 14.5 Å². The molecule has 6 heteroatoms. The van der Waals surface area contributed by atoms with Crippen LogP contribution in [0.25, 0.3) is 0 Å². The van der Waals surface area contributed by atoms with Crippen LogP contribution < -0.4 is 5.32 Å². The minimum atomic E-state index is -0.853. The normalized spacial score (nSPS) is 39.4. The summed E-state index contributed by atoms with van der Waals surface area (Å²) in [6.07, 6.45) is 19.2. The Morgan fingerprint density at radius 1 is 0.971 bits per heavy atom. The number of rotatable bonds is 5. The lowest BCUT2D eigenvalue weighted by Crippen LogP contribution is -2.55. The molecule has 3 amide bonds. The van der Waals surface area contributed by atoms with E-state index in [1.165, 1.54) is 62.7 Å². The van der Waals surface area contributed by atoms with Crippen LogP contribution in [0.4, 0.5) is 4.79 Å². The van der Waals surface area contributed by atoms with Gasteiger partial charge in [0.1, 0.15) is 5.54 Å². The molecule has 4 aliphatic carbocycles. The van der Waals surface area contributed by atoms with Crippen molar-refractivity contribution < 1.29 is 14.4 Å². The molecule has 2 saturated heterocycles. The molecule has 188 valence electrons. The smallest absolute Gasteiger partial charge is 0.313 e. The topological polar surface area (TPSA) is 69.7 Å². The average molecular weight is 470 g/mol. The van der Waals surface area contributed by atoms with Gasteiger partial charge in [-0.25, -0.2) is 4.79 Å². The third kappa shape index (κ3) is 4.25. The highest BCUT2D eigenvalue weighted by atomic mass is 16.2. The largest absolute Gasteiger partial charge is 0.327 e. The third-order valence-corrected chi connectivity index (χ3v) is 10.1. The van der Waals surface area contributed by atoms with Crippen molar-refractivity contribution in [3.63, 3.8) is 0 Å². The number of Topliss-reactive ketones (excluding diaryl/α,β-unsaturated/α-hetero) is 1. The Morgan fingerprint density at radius 3 is 2.29 bits per heavy atom. The van der Waals surface area contributed by atoms with Crippen molar-refractivity contribution in [2.45, 2.75) is 95.6 Å². The van der Waals surface area contributed by atoms with Gasteiger partial charge in [-0.2, -0.15) is 0 Å². The predicted octanol–water partition coefficient (Wildman–Crippen LogP) is 4.54. The maximum absolute atomic E-state index is 13.7. The van der Waals surface area contributed by atoms with E-state index in [1.54, 1.807) is 11.9 Å². The highest BCUT2D eigenvalue weighted by Crippen LogP contribution is 2.49. The van der Waals surface area contributed by atoms with Gasteiger partial charge in [-0.05, 0) is 68.7 Å². The molecule has 34 heavy (non-hydrogen) atoms. The number of fused-ring (bicyclic) bond motifs is 2. The predicted molar refractivity (Wildman–Crippen MR) is 132 cm³/mol. The van der Waals surface area contributed by atoms with Gasteiger partial charge < -0.3 is 10.2 Å². The summed E-state index contributed by atoms with van der Waals surface area (Å²) in [7, 11) is 1.75. The number of carbonyl (C=O) groups is 3. The zero-order chi connectivity index (χ0) is 23.9. The maximum atomic E-state index is 13.7. The van der Waals surface area contributed by atoms with Crippen molar-refractivity contribution in [2.24, 2.45) is 29.6 Å². The maximum Gasteiger partial charge on any atom is 0.327 e. The molecule has 0 radical (unpaired) electrons. The Hall–Kier alpha value is -1.69. The molecule has 0 aromatic carbocycles. The summed E-state index contributed by atoms with van der Waals surface area (Å²) >= 11 is 0. The fourth-order valence-electron chi connectivity index (χ4n) is 7.78. The van der Waals surface area contributed by atoms with Gasteiger partial charge in [0, 0.05) is 7.05 Å². The summed E-state index contributed by atoms with van der Waals surface area (Å²) < 4.78 is 0. The summed E-state index contributed by atoms with van der Waals surface area (Å²) in [5.74, 6) is 2.04. The van der Waals surface area contributed by atoms with E-state index in [1.807, 2.05) is 6.92 Å². The molecule has 0 aromatic rings. The first-order chi connectivity index (χ1) is 16.4. The number of nitrogens with zero attached hydrogens (tertiary/aromatic N) is 2. The van der Waals surface area contributed by atoms with Crippen molar-refractivity contribution in [2.75, 3.05) is 20.1 Å². The first kappa shape index (κ1) is 24.0. The summed E-state index contributed by atoms with van der Waals surface area (Å²) in [6, 6.07) is -0.541. The van der Waals surface area contributed by atoms with Crippen molar-refractivity contribution in [1.82, 2.24) is 15.1 Å². The Bertz CT molecular complexity index is 831. The van der Waals surface area contributed by atoms with Crippen LogP contribution >= 0.6 is 0 Å². The number of allylic oxidation sites excluding steroid dienone is 2. The molecular formula is C28H43N3O3. The number of hydrogen-bond donors (Lipinski definition) is 1. The summed E-state index contributed by atoms with van der Waals surface area (Å²) in [4.78, 5) is 43.0. The Labute approximate surface area is 204 Å². The minimum absolute atomic E-state index is 0.00465. The zero-order valence-electron chi connectivity index (χ0n) is 21.1. The van der Waals surface area contributed by atoms with Crippen molar-refractivity contribution in [3.05, 3.63) is 12.2 Å². The van der Waals surface area contributed by atoms with Gasteiger partial charge in [0.15, 0.2) is 5.78 Å². The lowest BCUT2D eigenvalue weighted by atomic mass is 9.62. The molecule has 1 N–H and O–H groups in total. The number of amides is 3. The van der Waals surface area contributed by atoms with Crippen LogP contribution in [-0.2, 0) is 9.59 Å². The van der Waals surface area contributed by atoms with Gasteiger partial charge in [-0.15, -0.1) is 0 Å². The molecule has 2 saturated carbocycles. The molecule has 4 fully saturated rings. The molecule has 6 atom stereocenters. The molecule has 2 aliphatic heterocycles. The van der Waals surface area contributed by atoms with E-state index in [0.717, 1.165) is 25.8 Å². The number of carbonyl (C=O) groups excluding carboxylic acids is 3. The number of imide groups is 1. The molecule has 6 aliphatic rings. The summed E-state index contributed by atoms with van der Waals surface area (Å²) in [5, 5.41) is 3.45. The molecule has 0 aromatic heterocycles. The molecular weight excluding hydrogens is 426 g/mol. The molecule has 6 unspecified atom stereocenters. The number of nitrogens with one attached hydrogen (secondary N) is 1. The van der Waals surface area contributed by atoms with Gasteiger partial charge in [0.25, 0.3) is 5.91 Å². The van der Waals surface area contributed by atoms with Crippen molar-refractivity contribution in [1.29, 1.82) is 0 Å². The van der Waals surface area contributed by atoms with Gasteiger partial charge in [0.2, 0.25) is 0 Å². The van der Waals surface area contributed by atoms with Crippen LogP contribution in [0.1, 0.15) is 84.0 Å². The Balaban J connectivity index is 1.22. The van der Waals surface area contributed by atoms with Gasteiger partial charge in [-0.1, -0.05) is 63.5 Å². The summed E-state index contributed by atoms with van der Waals surface area (Å²) in [5.41, 5.74) is -0.853. The standard InChI is InChI=1S/C28H43N3O3/c1-28(23-15-19-11-13-21(23)14-12-19)26(33)31(27(34)30(28)2)18-25(32)24-16-22(17-29-24)20-9-7-5-3-4-6-8-10-20/h11,13,19-24,29H,3-10,12,14-18H2,1-2H3. The highest BCUT2D eigenvalue weighted by molar-refractivity contribution is 6.09. The van der Waals surface area contributed by atoms with Crippen LogP contribution in [0.2, 0.25) is 0 Å². The zero-order valence-corrected chi connectivity index (χ0v) is 21.1. The average Bonchev–Trinajstić information content (AvgIpc) is 3.44. The number of hydrogen-bond acceptors (Lipinski definition) is 4.